The highest BCUT2D eigenvalue weighted by Crippen LogP contribution is 2.25. The topological polar surface area (TPSA) is 32.3 Å². The lowest BCUT2D eigenvalue weighted by Crippen LogP contribution is -2.01. The van der Waals surface area contributed by atoms with Gasteiger partial charge in [-0.05, 0) is 35.3 Å². The summed E-state index contributed by atoms with van der Waals surface area (Å²) < 4.78 is 12.6. The van der Waals surface area contributed by atoms with Crippen LogP contribution in [0.1, 0.15) is 30.9 Å². The van der Waals surface area contributed by atoms with Crippen LogP contribution in [0.5, 0.6) is 0 Å². The second-order valence-electron chi connectivity index (χ2n) is 4.92. The number of alkyl halides is 1. The maximum Gasteiger partial charge on any atom is 0.111 e. The molecule has 1 atom stereocenters. The first-order valence-electron chi connectivity index (χ1n) is 6.78. The third-order valence-corrected chi connectivity index (χ3v) is 3.44. The van der Waals surface area contributed by atoms with Crippen LogP contribution in [0, 0.1) is 0 Å². The minimum absolute atomic E-state index is 0.000870. The molecule has 1 aromatic rings. The lowest BCUT2D eigenvalue weighted by Gasteiger charge is -2.13. The average molecular weight is 287 g/mol. The summed E-state index contributed by atoms with van der Waals surface area (Å²) in [6, 6.07) is 7.89. The summed E-state index contributed by atoms with van der Waals surface area (Å²) in [7, 11) is 0. The molecule has 112 valence electrons. The van der Waals surface area contributed by atoms with Gasteiger partial charge in [-0.2, -0.15) is 0 Å². The fourth-order valence-corrected chi connectivity index (χ4v) is 1.85. The van der Waals surface area contributed by atoms with Crippen LogP contribution in [0.25, 0.3) is 5.57 Å². The van der Waals surface area contributed by atoms with Gasteiger partial charge in [-0.1, -0.05) is 56.5 Å². The summed E-state index contributed by atoms with van der Waals surface area (Å²) in [4.78, 5) is 0. The van der Waals surface area contributed by atoms with Gasteiger partial charge in [0.1, 0.15) is 6.67 Å². The summed E-state index contributed by atoms with van der Waals surface area (Å²) in [5.41, 5.74) is 6.27. The zero-order chi connectivity index (χ0) is 15.8. The van der Waals surface area contributed by atoms with Crippen molar-refractivity contribution in [3.63, 3.8) is 0 Å². The predicted octanol–water partition coefficient (Wildman–Crippen LogP) is 4.77. The number of hydrogen-bond acceptors (Lipinski definition) is 2. The average Bonchev–Trinajstić information content (AvgIpc) is 2.54. The first-order valence-corrected chi connectivity index (χ1v) is 6.78. The molecule has 0 aliphatic rings. The summed E-state index contributed by atoms with van der Waals surface area (Å²) in [5.74, 6) is 0.000870. The molecule has 0 aliphatic carbocycles. The Morgan fingerprint density at radius 2 is 1.95 bits per heavy atom. The molecule has 0 bridgehead atoms. The van der Waals surface area contributed by atoms with E-state index in [2.05, 4.69) is 18.6 Å². The number of benzene rings is 1. The molecule has 0 heterocycles. The molecule has 2 N–H and O–H groups in total. The lowest BCUT2D eigenvalue weighted by atomic mass is 9.93. The molecule has 0 saturated heterocycles. The van der Waals surface area contributed by atoms with E-state index in [9.17, 15) is 4.39 Å². The van der Waals surface area contributed by atoms with Gasteiger partial charge in [-0.15, -0.1) is 0 Å². The number of halogens is 1. The Balaban J connectivity index is 3.00. The number of allylic oxidation sites excluding steroid dienone is 6. The Labute approximate surface area is 126 Å². The molecule has 0 spiro atoms. The highest BCUT2D eigenvalue weighted by atomic mass is 19.1. The molecule has 0 saturated carbocycles. The fourth-order valence-electron chi connectivity index (χ4n) is 1.85. The first kappa shape index (κ1) is 16.9. The Hall–Kier alpha value is -2.13. The molecule has 0 aromatic heterocycles. The van der Waals surface area contributed by atoms with Crippen molar-refractivity contribution in [3.05, 3.63) is 78.0 Å². The number of hydroxylamine groups is 1. The Kier molecular flexibility index (Phi) is 6.63. The fraction of sp³-hybridized carbons (Fsp3) is 0.222. The van der Waals surface area contributed by atoms with Crippen molar-refractivity contribution in [2.75, 3.05) is 6.67 Å². The second-order valence-corrected chi connectivity index (χ2v) is 4.92. The molecular weight excluding hydrogens is 265 g/mol. The van der Waals surface area contributed by atoms with E-state index in [0.29, 0.717) is 11.3 Å². The summed E-state index contributed by atoms with van der Waals surface area (Å²) in [5, 5.41) is 8.75. The van der Waals surface area contributed by atoms with E-state index >= 15 is 0 Å². The third kappa shape index (κ3) is 4.72. The van der Waals surface area contributed by atoms with Gasteiger partial charge in [0, 0.05) is 11.6 Å². The summed E-state index contributed by atoms with van der Waals surface area (Å²) in [6.07, 6.45) is 5.38. The monoisotopic (exact) mass is 287 g/mol. The number of nitrogens with one attached hydrogen (secondary N) is 1. The van der Waals surface area contributed by atoms with Crippen molar-refractivity contribution in [2.24, 2.45) is 0 Å². The van der Waals surface area contributed by atoms with Crippen LogP contribution >= 0.6 is 0 Å². The molecule has 0 amide bonds. The molecule has 0 radical (unpaired) electrons. The maximum absolute atomic E-state index is 12.6. The van der Waals surface area contributed by atoms with Gasteiger partial charge in [0.15, 0.2) is 0 Å². The van der Waals surface area contributed by atoms with Crippen molar-refractivity contribution in [3.8, 4) is 0 Å². The smallest absolute Gasteiger partial charge is 0.111 e. The van der Waals surface area contributed by atoms with E-state index in [1.54, 1.807) is 19.1 Å². The Bertz CT molecular complexity index is 555. The molecule has 2 nitrogen and oxygen atoms in total. The van der Waals surface area contributed by atoms with E-state index in [0.717, 1.165) is 16.7 Å². The van der Waals surface area contributed by atoms with E-state index < -0.39 is 6.67 Å². The van der Waals surface area contributed by atoms with Crippen LogP contribution < -0.4 is 5.48 Å². The highest BCUT2D eigenvalue weighted by molar-refractivity contribution is 5.74. The van der Waals surface area contributed by atoms with E-state index in [1.165, 1.54) is 0 Å². The number of hydrogen-bond donors (Lipinski definition) is 2. The lowest BCUT2D eigenvalue weighted by molar-refractivity contribution is 0.201. The van der Waals surface area contributed by atoms with Gasteiger partial charge in [0.2, 0.25) is 0 Å². The quantitative estimate of drug-likeness (QED) is 0.430. The van der Waals surface area contributed by atoms with Gasteiger partial charge in [-0.25, -0.2) is 4.39 Å². The zero-order valence-corrected chi connectivity index (χ0v) is 12.6. The molecule has 1 rings (SSSR count). The van der Waals surface area contributed by atoms with E-state index in [4.69, 9.17) is 5.21 Å². The molecule has 1 unspecified atom stereocenters. The highest BCUT2D eigenvalue weighted by Gasteiger charge is 2.09. The minimum Gasteiger partial charge on any atom is -0.291 e. The van der Waals surface area contributed by atoms with Gasteiger partial charge in [0.25, 0.3) is 0 Å². The van der Waals surface area contributed by atoms with Gasteiger partial charge in [-0.3, -0.25) is 10.7 Å². The summed E-state index contributed by atoms with van der Waals surface area (Å²) >= 11 is 0. The molecular formula is C18H22FNO. The molecule has 0 aliphatic heterocycles. The SMILES string of the molecule is C=C/C(=C\C=C(\C)NO)c1ccc(C(C)C(=C)CF)cc1. The van der Waals surface area contributed by atoms with Gasteiger partial charge < -0.3 is 0 Å². The minimum atomic E-state index is -0.501. The summed E-state index contributed by atoms with van der Waals surface area (Å²) in [6.45, 7) is 10.7. The van der Waals surface area contributed by atoms with Crippen LogP contribution in [0.3, 0.4) is 0 Å². The van der Waals surface area contributed by atoms with Gasteiger partial charge >= 0.3 is 0 Å². The van der Waals surface area contributed by atoms with E-state index in [-0.39, 0.29) is 5.92 Å². The van der Waals surface area contributed by atoms with Crippen molar-refractivity contribution in [2.45, 2.75) is 19.8 Å². The van der Waals surface area contributed by atoms with Crippen molar-refractivity contribution >= 4 is 5.57 Å². The molecule has 3 heteroatoms. The molecule has 21 heavy (non-hydrogen) atoms. The van der Waals surface area contributed by atoms with Crippen molar-refractivity contribution in [1.82, 2.24) is 5.48 Å². The Morgan fingerprint density at radius 3 is 2.43 bits per heavy atom. The van der Waals surface area contributed by atoms with E-state index in [1.807, 2.05) is 37.3 Å². The van der Waals surface area contributed by atoms with Crippen LogP contribution in [0.15, 0.2) is 66.9 Å². The molecule has 1 aromatic carbocycles. The molecule has 0 fully saturated rings. The predicted molar refractivity (Wildman–Crippen MR) is 86.8 cm³/mol. The van der Waals surface area contributed by atoms with Gasteiger partial charge in [0.05, 0.1) is 0 Å². The third-order valence-electron chi connectivity index (χ3n) is 3.44. The normalized spacial score (nSPS) is 13.7. The van der Waals surface area contributed by atoms with Crippen LogP contribution in [-0.4, -0.2) is 11.9 Å². The Morgan fingerprint density at radius 1 is 1.33 bits per heavy atom. The maximum atomic E-state index is 12.6. The zero-order valence-electron chi connectivity index (χ0n) is 12.6. The van der Waals surface area contributed by atoms with Crippen molar-refractivity contribution in [1.29, 1.82) is 0 Å². The second kappa shape index (κ2) is 8.22. The van der Waals surface area contributed by atoms with Crippen LogP contribution in [-0.2, 0) is 0 Å². The largest absolute Gasteiger partial charge is 0.291 e. The van der Waals surface area contributed by atoms with Crippen LogP contribution in [0.4, 0.5) is 4.39 Å². The standard InChI is InChI=1S/C18H22FNO/c1-5-16(7-6-14(3)20-21)18-10-8-17(9-11-18)15(4)13(2)12-19/h5-11,15,20-21H,1-2,12H2,3-4H3/b14-6-,16-7+. The van der Waals surface area contributed by atoms with Crippen molar-refractivity contribution < 1.29 is 9.60 Å². The first-order chi connectivity index (χ1) is 10.0. The van der Waals surface area contributed by atoms with Crippen LogP contribution in [0.2, 0.25) is 0 Å². The number of rotatable bonds is 7.